The number of hydrogen-bond acceptors (Lipinski definition) is 6. The van der Waals surface area contributed by atoms with E-state index in [0.29, 0.717) is 39.8 Å². The molecule has 7 nitrogen and oxygen atoms in total. The summed E-state index contributed by atoms with van der Waals surface area (Å²) in [5.41, 5.74) is 5.17. The maximum Gasteiger partial charge on any atom is 0.282 e. The number of anilines is 2. The Bertz CT molecular complexity index is 1380. The number of imide groups is 1. The van der Waals surface area contributed by atoms with Crippen molar-refractivity contribution in [3.63, 3.8) is 0 Å². The predicted octanol–water partition coefficient (Wildman–Crippen LogP) is 4.75. The Labute approximate surface area is 197 Å². The molecule has 5 rings (SSSR count). The van der Waals surface area contributed by atoms with Gasteiger partial charge in [-0.1, -0.05) is 29.8 Å². The summed E-state index contributed by atoms with van der Waals surface area (Å²) in [6.07, 6.45) is 0. The second-order valence-electron chi connectivity index (χ2n) is 8.38. The molecule has 3 aromatic rings. The van der Waals surface area contributed by atoms with Gasteiger partial charge in [0, 0.05) is 6.07 Å². The number of carbonyl (C=O) groups excluding carboxylic acids is 2. The number of carbonyl (C=O) groups is 2. The highest BCUT2D eigenvalue weighted by Gasteiger charge is 2.41. The fraction of sp³-hybridized carbons (Fsp3) is 0.185. The Morgan fingerprint density at radius 1 is 0.853 bits per heavy atom. The number of nitrogens with one attached hydrogen (secondary N) is 1. The van der Waals surface area contributed by atoms with E-state index in [9.17, 15) is 9.59 Å². The van der Waals surface area contributed by atoms with Crippen LogP contribution in [0.3, 0.4) is 0 Å². The van der Waals surface area contributed by atoms with Gasteiger partial charge in [-0.05, 0) is 61.7 Å². The largest absolute Gasteiger partial charge is 0.495 e. The summed E-state index contributed by atoms with van der Waals surface area (Å²) >= 11 is 0. The van der Waals surface area contributed by atoms with E-state index >= 15 is 0 Å². The minimum absolute atomic E-state index is 0.104. The van der Waals surface area contributed by atoms with Crippen molar-refractivity contribution in [1.82, 2.24) is 0 Å². The van der Waals surface area contributed by atoms with E-state index in [2.05, 4.69) is 5.32 Å². The Kier molecular flexibility index (Phi) is 5.24. The van der Waals surface area contributed by atoms with Gasteiger partial charge in [-0.3, -0.25) is 9.59 Å². The molecule has 34 heavy (non-hydrogen) atoms. The lowest BCUT2D eigenvalue weighted by atomic mass is 9.97. The van der Waals surface area contributed by atoms with Crippen LogP contribution in [0.4, 0.5) is 11.4 Å². The van der Waals surface area contributed by atoms with E-state index < -0.39 is 11.8 Å². The number of rotatable bonds is 5. The average molecular weight is 456 g/mol. The Morgan fingerprint density at radius 2 is 1.59 bits per heavy atom. The first-order valence-corrected chi connectivity index (χ1v) is 10.9. The zero-order valence-electron chi connectivity index (χ0n) is 19.4. The topological polar surface area (TPSA) is 77.1 Å². The molecule has 172 valence electrons. The Hall–Kier alpha value is -4.26. The van der Waals surface area contributed by atoms with Gasteiger partial charge in [-0.25, -0.2) is 4.90 Å². The van der Waals surface area contributed by atoms with E-state index in [-0.39, 0.29) is 12.5 Å². The van der Waals surface area contributed by atoms with E-state index in [0.717, 1.165) is 16.7 Å². The van der Waals surface area contributed by atoms with Gasteiger partial charge in [-0.15, -0.1) is 0 Å². The zero-order valence-corrected chi connectivity index (χ0v) is 19.4. The highest BCUT2D eigenvalue weighted by Crippen LogP contribution is 2.40. The van der Waals surface area contributed by atoms with Crippen molar-refractivity contribution in [3.05, 3.63) is 82.5 Å². The van der Waals surface area contributed by atoms with Crippen LogP contribution in [-0.2, 0) is 9.59 Å². The van der Waals surface area contributed by atoms with Crippen molar-refractivity contribution < 1.29 is 23.8 Å². The molecule has 0 unspecified atom stereocenters. The monoisotopic (exact) mass is 456 g/mol. The molecule has 0 aromatic heterocycles. The first-order chi connectivity index (χ1) is 16.4. The third kappa shape index (κ3) is 3.55. The number of aryl methyl sites for hydroxylation is 3. The van der Waals surface area contributed by atoms with Gasteiger partial charge in [0.2, 0.25) is 6.79 Å². The van der Waals surface area contributed by atoms with Crippen molar-refractivity contribution in [3.8, 4) is 17.2 Å². The first-order valence-electron chi connectivity index (χ1n) is 10.9. The lowest BCUT2D eigenvalue weighted by Gasteiger charge is -2.16. The summed E-state index contributed by atoms with van der Waals surface area (Å²) in [6.45, 7) is 5.97. The number of nitrogens with zero attached hydrogens (tertiary/aromatic N) is 1. The summed E-state index contributed by atoms with van der Waals surface area (Å²) in [4.78, 5) is 28.7. The molecular formula is C27H24N2O5. The number of methoxy groups -OCH3 is 1. The van der Waals surface area contributed by atoms with Crippen molar-refractivity contribution >= 4 is 28.8 Å². The van der Waals surface area contributed by atoms with Crippen LogP contribution in [0.25, 0.3) is 5.57 Å². The van der Waals surface area contributed by atoms with Crippen molar-refractivity contribution in [2.75, 3.05) is 24.1 Å². The van der Waals surface area contributed by atoms with Crippen LogP contribution in [0.1, 0.15) is 22.3 Å². The molecule has 0 spiro atoms. The van der Waals surface area contributed by atoms with Crippen molar-refractivity contribution in [2.24, 2.45) is 0 Å². The SMILES string of the molecule is COc1ccc(C)cc1NC1=C(c2ccc(C)cc2C)C(=O)N(c2ccc3c(c2)OCO3)C1=O. The average Bonchev–Trinajstić information content (AvgIpc) is 3.36. The molecule has 2 aliphatic heterocycles. The second-order valence-corrected chi connectivity index (χ2v) is 8.38. The van der Waals surface area contributed by atoms with Gasteiger partial charge < -0.3 is 19.5 Å². The van der Waals surface area contributed by atoms with E-state index in [4.69, 9.17) is 14.2 Å². The predicted molar refractivity (Wildman–Crippen MR) is 129 cm³/mol. The molecule has 0 fully saturated rings. The van der Waals surface area contributed by atoms with E-state index in [1.54, 1.807) is 25.3 Å². The summed E-state index contributed by atoms with van der Waals surface area (Å²) < 4.78 is 16.3. The number of ether oxygens (including phenoxy) is 3. The molecule has 2 amide bonds. The summed E-state index contributed by atoms with van der Waals surface area (Å²) in [6, 6.07) is 16.5. The number of benzene rings is 3. The van der Waals surface area contributed by atoms with Crippen molar-refractivity contribution in [1.29, 1.82) is 0 Å². The van der Waals surface area contributed by atoms with Crippen LogP contribution in [0.15, 0.2) is 60.3 Å². The van der Waals surface area contributed by atoms with E-state index in [1.165, 1.54) is 4.90 Å². The van der Waals surface area contributed by atoms with Crippen LogP contribution >= 0.6 is 0 Å². The smallest absolute Gasteiger partial charge is 0.282 e. The summed E-state index contributed by atoms with van der Waals surface area (Å²) in [5.74, 6) is 0.772. The minimum Gasteiger partial charge on any atom is -0.495 e. The highest BCUT2D eigenvalue weighted by molar-refractivity contribution is 6.46. The molecule has 1 N–H and O–H groups in total. The summed E-state index contributed by atoms with van der Waals surface area (Å²) in [7, 11) is 1.57. The molecular weight excluding hydrogens is 432 g/mol. The highest BCUT2D eigenvalue weighted by atomic mass is 16.7. The van der Waals surface area contributed by atoms with Gasteiger partial charge in [-0.2, -0.15) is 0 Å². The van der Waals surface area contributed by atoms with Gasteiger partial charge in [0.1, 0.15) is 11.4 Å². The third-order valence-electron chi connectivity index (χ3n) is 5.96. The molecule has 0 saturated heterocycles. The molecule has 2 heterocycles. The van der Waals surface area contributed by atoms with Gasteiger partial charge in [0.15, 0.2) is 11.5 Å². The maximum absolute atomic E-state index is 13.8. The Balaban J connectivity index is 1.65. The van der Waals surface area contributed by atoms with Gasteiger partial charge in [0.05, 0.1) is 24.1 Å². The van der Waals surface area contributed by atoms with Crippen LogP contribution in [0.2, 0.25) is 0 Å². The molecule has 0 bridgehead atoms. The van der Waals surface area contributed by atoms with Crippen LogP contribution in [-0.4, -0.2) is 25.7 Å². The van der Waals surface area contributed by atoms with Crippen LogP contribution < -0.4 is 24.4 Å². The molecule has 0 radical (unpaired) electrons. The second kappa shape index (κ2) is 8.26. The summed E-state index contributed by atoms with van der Waals surface area (Å²) in [5, 5.41) is 3.21. The fourth-order valence-corrected chi connectivity index (χ4v) is 4.30. The lowest BCUT2D eigenvalue weighted by molar-refractivity contribution is -0.120. The van der Waals surface area contributed by atoms with Crippen LogP contribution in [0, 0.1) is 20.8 Å². The fourth-order valence-electron chi connectivity index (χ4n) is 4.30. The molecule has 0 saturated carbocycles. The minimum atomic E-state index is -0.456. The zero-order chi connectivity index (χ0) is 24.0. The van der Waals surface area contributed by atoms with Crippen molar-refractivity contribution in [2.45, 2.75) is 20.8 Å². The van der Waals surface area contributed by atoms with E-state index in [1.807, 2.05) is 57.2 Å². The quantitative estimate of drug-likeness (QED) is 0.559. The number of hydrogen-bond donors (Lipinski definition) is 1. The lowest BCUT2D eigenvalue weighted by Crippen LogP contribution is -2.32. The molecule has 0 aliphatic carbocycles. The molecule has 3 aromatic carbocycles. The molecule has 7 heteroatoms. The van der Waals surface area contributed by atoms with Gasteiger partial charge >= 0.3 is 0 Å². The van der Waals surface area contributed by atoms with Gasteiger partial charge in [0.25, 0.3) is 11.8 Å². The normalized spacial score (nSPS) is 14.8. The first kappa shape index (κ1) is 21.6. The number of amides is 2. The molecule has 0 atom stereocenters. The van der Waals surface area contributed by atoms with Crippen LogP contribution in [0.5, 0.6) is 17.2 Å². The maximum atomic E-state index is 13.8. The standard InChI is InChI=1S/C27H24N2O5/c1-15-5-8-19(17(3)11-15)24-25(28-20-12-16(2)6-9-21(20)32-4)27(31)29(26(24)30)18-7-10-22-23(13-18)34-14-33-22/h5-13,28H,14H2,1-4H3. The third-order valence-corrected chi connectivity index (χ3v) is 5.96. The number of fused-ring (bicyclic) bond motifs is 1. The molecule has 2 aliphatic rings. The Morgan fingerprint density at radius 3 is 2.35 bits per heavy atom.